The van der Waals surface area contributed by atoms with Gasteiger partial charge in [0.05, 0.1) is 12.2 Å². The van der Waals surface area contributed by atoms with Crippen molar-refractivity contribution in [3.8, 4) is 0 Å². The molecule has 1 aromatic heterocycles. The zero-order chi connectivity index (χ0) is 13.7. The number of aromatic nitrogens is 1. The number of halogens is 2. The van der Waals surface area contributed by atoms with Crippen LogP contribution in [0.5, 0.6) is 0 Å². The number of pyridine rings is 1. The molecule has 1 aromatic rings. The molecular weight excluding hydrogens is 320 g/mol. The Morgan fingerprint density at radius 3 is 2.83 bits per heavy atom. The van der Waals surface area contributed by atoms with Crippen LogP contribution in [0.1, 0.15) is 24.2 Å². The van der Waals surface area contributed by atoms with Crippen molar-refractivity contribution in [2.24, 2.45) is 0 Å². The van der Waals surface area contributed by atoms with E-state index in [9.17, 15) is 4.79 Å². The first kappa shape index (κ1) is 15.4. The van der Waals surface area contributed by atoms with Crippen LogP contribution >= 0.6 is 27.5 Å². The number of hydrogen-bond donors (Lipinski definition) is 0. The van der Waals surface area contributed by atoms with Gasteiger partial charge in [-0.25, -0.2) is 4.98 Å². The summed E-state index contributed by atoms with van der Waals surface area (Å²) < 4.78 is 5.74. The largest absolute Gasteiger partial charge is 0.383 e. The molecular formula is C12H16BrClN2O2. The van der Waals surface area contributed by atoms with E-state index in [1.54, 1.807) is 24.3 Å². The molecule has 0 aliphatic carbocycles. The van der Waals surface area contributed by atoms with E-state index >= 15 is 0 Å². The maximum Gasteiger partial charge on any atom is 0.257 e. The Balaban J connectivity index is 2.98. The third-order valence-corrected chi connectivity index (χ3v) is 3.19. The standard InChI is InChI=1S/C12H16BrClN2O2/c1-8(2)16(4-5-18-3)12(17)10-6-9(13)7-15-11(10)14/h6-8H,4-5H2,1-3H3. The highest BCUT2D eigenvalue weighted by atomic mass is 79.9. The molecule has 0 aliphatic rings. The number of amides is 1. The second kappa shape index (κ2) is 7.07. The third kappa shape index (κ3) is 3.93. The predicted molar refractivity (Wildman–Crippen MR) is 75.0 cm³/mol. The van der Waals surface area contributed by atoms with Crippen LogP contribution in [-0.2, 0) is 4.74 Å². The van der Waals surface area contributed by atoms with Crippen molar-refractivity contribution < 1.29 is 9.53 Å². The molecule has 0 N–H and O–H groups in total. The van der Waals surface area contributed by atoms with Gasteiger partial charge in [-0.15, -0.1) is 0 Å². The Bertz CT molecular complexity index is 427. The molecule has 0 fully saturated rings. The molecule has 4 nitrogen and oxygen atoms in total. The molecule has 0 spiro atoms. The highest BCUT2D eigenvalue weighted by Gasteiger charge is 2.21. The first-order valence-electron chi connectivity index (χ1n) is 5.58. The molecule has 1 heterocycles. The van der Waals surface area contributed by atoms with Crippen LogP contribution in [0.25, 0.3) is 0 Å². The zero-order valence-electron chi connectivity index (χ0n) is 10.6. The van der Waals surface area contributed by atoms with E-state index in [0.717, 1.165) is 4.47 Å². The minimum Gasteiger partial charge on any atom is -0.383 e. The van der Waals surface area contributed by atoms with Gasteiger partial charge in [-0.1, -0.05) is 11.6 Å². The Kier molecular flexibility index (Phi) is 6.05. The van der Waals surface area contributed by atoms with Crippen LogP contribution in [0.2, 0.25) is 5.15 Å². The molecule has 0 unspecified atom stereocenters. The van der Waals surface area contributed by atoms with Crippen LogP contribution in [-0.4, -0.2) is 42.1 Å². The molecule has 0 aromatic carbocycles. The summed E-state index contributed by atoms with van der Waals surface area (Å²) >= 11 is 9.25. The molecule has 0 saturated heterocycles. The molecule has 0 aliphatic heterocycles. The summed E-state index contributed by atoms with van der Waals surface area (Å²) in [7, 11) is 1.61. The van der Waals surface area contributed by atoms with Gasteiger partial charge in [0.1, 0.15) is 5.15 Å². The number of ether oxygens (including phenoxy) is 1. The number of methoxy groups -OCH3 is 1. The average Bonchev–Trinajstić information content (AvgIpc) is 2.32. The van der Waals surface area contributed by atoms with E-state index in [4.69, 9.17) is 16.3 Å². The fourth-order valence-corrected chi connectivity index (χ4v) is 2.03. The SMILES string of the molecule is COCCN(C(=O)c1cc(Br)cnc1Cl)C(C)C. The molecule has 0 radical (unpaired) electrons. The lowest BCUT2D eigenvalue weighted by atomic mass is 10.2. The molecule has 1 amide bonds. The quantitative estimate of drug-likeness (QED) is 0.777. The highest BCUT2D eigenvalue weighted by molar-refractivity contribution is 9.10. The molecule has 0 atom stereocenters. The van der Waals surface area contributed by atoms with Crippen molar-refractivity contribution in [1.82, 2.24) is 9.88 Å². The molecule has 6 heteroatoms. The minimum atomic E-state index is -0.138. The second-order valence-corrected chi connectivity index (χ2v) is 5.35. The summed E-state index contributed by atoms with van der Waals surface area (Å²) in [6.45, 7) is 4.92. The highest BCUT2D eigenvalue weighted by Crippen LogP contribution is 2.20. The Labute approximate surface area is 120 Å². The topological polar surface area (TPSA) is 42.4 Å². The fraction of sp³-hybridized carbons (Fsp3) is 0.500. The van der Waals surface area contributed by atoms with Gasteiger partial charge in [0, 0.05) is 30.4 Å². The van der Waals surface area contributed by atoms with Crippen LogP contribution in [0.15, 0.2) is 16.7 Å². The molecule has 18 heavy (non-hydrogen) atoms. The summed E-state index contributed by atoms with van der Waals surface area (Å²) in [5, 5.41) is 0.214. The monoisotopic (exact) mass is 334 g/mol. The summed E-state index contributed by atoms with van der Waals surface area (Å²) in [5.41, 5.74) is 0.399. The second-order valence-electron chi connectivity index (χ2n) is 4.08. The lowest BCUT2D eigenvalue weighted by Crippen LogP contribution is -2.39. The van der Waals surface area contributed by atoms with Gasteiger partial charge >= 0.3 is 0 Å². The number of rotatable bonds is 5. The van der Waals surface area contributed by atoms with Gasteiger partial charge in [0.25, 0.3) is 5.91 Å². The molecule has 100 valence electrons. The van der Waals surface area contributed by atoms with Crippen molar-refractivity contribution in [2.45, 2.75) is 19.9 Å². The van der Waals surface area contributed by atoms with Gasteiger partial charge in [-0.2, -0.15) is 0 Å². The van der Waals surface area contributed by atoms with Gasteiger partial charge < -0.3 is 9.64 Å². The lowest BCUT2D eigenvalue weighted by Gasteiger charge is -2.26. The van der Waals surface area contributed by atoms with Crippen molar-refractivity contribution in [2.75, 3.05) is 20.3 Å². The van der Waals surface area contributed by atoms with Crippen LogP contribution in [0, 0.1) is 0 Å². The summed E-state index contributed by atoms with van der Waals surface area (Å²) in [6, 6.07) is 1.75. The zero-order valence-corrected chi connectivity index (χ0v) is 13.0. The molecule has 1 rings (SSSR count). The first-order chi connectivity index (χ1) is 8.47. The van der Waals surface area contributed by atoms with Gasteiger partial charge in [-0.3, -0.25) is 4.79 Å². The van der Waals surface area contributed by atoms with Crippen LogP contribution < -0.4 is 0 Å². The van der Waals surface area contributed by atoms with Crippen molar-refractivity contribution in [3.05, 3.63) is 27.5 Å². The lowest BCUT2D eigenvalue weighted by molar-refractivity contribution is 0.0634. The first-order valence-corrected chi connectivity index (χ1v) is 6.75. The Morgan fingerprint density at radius 2 is 2.28 bits per heavy atom. The summed E-state index contributed by atoms with van der Waals surface area (Å²) in [6.07, 6.45) is 1.56. The van der Waals surface area contributed by atoms with E-state index in [1.165, 1.54) is 0 Å². The van der Waals surface area contributed by atoms with Crippen molar-refractivity contribution in [3.63, 3.8) is 0 Å². The number of carbonyl (C=O) groups excluding carboxylic acids is 1. The molecule has 0 bridgehead atoms. The van der Waals surface area contributed by atoms with E-state index in [0.29, 0.717) is 18.7 Å². The van der Waals surface area contributed by atoms with Gasteiger partial charge in [-0.05, 0) is 35.8 Å². The van der Waals surface area contributed by atoms with E-state index in [2.05, 4.69) is 20.9 Å². The number of hydrogen-bond acceptors (Lipinski definition) is 3. The van der Waals surface area contributed by atoms with Gasteiger partial charge in [0.15, 0.2) is 0 Å². The maximum atomic E-state index is 12.4. The average molecular weight is 336 g/mol. The summed E-state index contributed by atoms with van der Waals surface area (Å²) in [5.74, 6) is -0.138. The smallest absolute Gasteiger partial charge is 0.257 e. The Hall–Kier alpha value is -0.650. The minimum absolute atomic E-state index is 0.0719. The van der Waals surface area contributed by atoms with Crippen molar-refractivity contribution in [1.29, 1.82) is 0 Å². The number of carbonyl (C=O) groups is 1. The van der Waals surface area contributed by atoms with Crippen LogP contribution in [0.3, 0.4) is 0 Å². The number of nitrogens with zero attached hydrogens (tertiary/aromatic N) is 2. The predicted octanol–water partition coefficient (Wildman–Crippen LogP) is 2.99. The van der Waals surface area contributed by atoms with E-state index in [1.807, 2.05) is 13.8 Å². The van der Waals surface area contributed by atoms with Crippen molar-refractivity contribution >= 4 is 33.4 Å². The van der Waals surface area contributed by atoms with Gasteiger partial charge in [0.2, 0.25) is 0 Å². The van der Waals surface area contributed by atoms with E-state index < -0.39 is 0 Å². The Morgan fingerprint density at radius 1 is 1.61 bits per heavy atom. The summed E-state index contributed by atoms with van der Waals surface area (Å²) in [4.78, 5) is 18.1. The normalized spacial score (nSPS) is 10.8. The third-order valence-electron chi connectivity index (χ3n) is 2.46. The van der Waals surface area contributed by atoms with E-state index in [-0.39, 0.29) is 17.1 Å². The maximum absolute atomic E-state index is 12.4. The fourth-order valence-electron chi connectivity index (χ4n) is 1.51. The van der Waals surface area contributed by atoms with Crippen LogP contribution in [0.4, 0.5) is 0 Å². The molecule has 0 saturated carbocycles.